The summed E-state index contributed by atoms with van der Waals surface area (Å²) in [6.07, 6.45) is -4.80. The van der Waals surface area contributed by atoms with Crippen LogP contribution in [0, 0.1) is 0 Å². The van der Waals surface area contributed by atoms with E-state index in [9.17, 15) is 21.6 Å². The van der Waals surface area contributed by atoms with E-state index in [2.05, 4.69) is 20.5 Å². The van der Waals surface area contributed by atoms with Gasteiger partial charge in [-0.2, -0.15) is 18.2 Å². The smallest absolute Gasteiger partial charge is 0.417 e. The molecule has 0 aliphatic heterocycles. The number of hydrogen-bond acceptors (Lipinski definition) is 7. The first-order chi connectivity index (χ1) is 14.8. The van der Waals surface area contributed by atoms with Crippen molar-refractivity contribution in [3.05, 3.63) is 40.9 Å². The first-order valence-electron chi connectivity index (χ1n) is 9.12. The van der Waals surface area contributed by atoms with E-state index in [0.29, 0.717) is 0 Å². The maximum Gasteiger partial charge on any atom is 0.417 e. The minimum absolute atomic E-state index is 0.0209. The van der Waals surface area contributed by atoms with Gasteiger partial charge in [0.15, 0.2) is 9.84 Å². The third kappa shape index (κ3) is 4.60. The third-order valence-electron chi connectivity index (χ3n) is 4.53. The Kier molecular flexibility index (Phi) is 6.29. The fraction of sp³-hybridized carbons (Fsp3) is 0.263. The Morgan fingerprint density at radius 3 is 2.44 bits per heavy atom. The number of anilines is 3. The SMILES string of the molecule is COc1ccc(-c2c(Cl)cc(Nc3n[nH]c(N)n3)cc2C(F)(F)F)cc1S(=O)(=O)C(C)C. The summed E-state index contributed by atoms with van der Waals surface area (Å²) in [5.74, 6) is -0.0507. The van der Waals surface area contributed by atoms with Crippen LogP contribution in [0.15, 0.2) is 35.2 Å². The molecule has 3 rings (SSSR count). The van der Waals surface area contributed by atoms with Crippen LogP contribution in [-0.2, 0) is 16.0 Å². The number of alkyl halides is 3. The number of nitrogens with one attached hydrogen (secondary N) is 2. The maximum absolute atomic E-state index is 14.0. The summed E-state index contributed by atoms with van der Waals surface area (Å²) in [4.78, 5) is 3.55. The average Bonchev–Trinajstić information content (AvgIpc) is 3.10. The van der Waals surface area contributed by atoms with E-state index in [1.165, 1.54) is 39.2 Å². The molecule has 0 atom stereocenters. The van der Waals surface area contributed by atoms with Crippen LogP contribution in [0.2, 0.25) is 5.02 Å². The van der Waals surface area contributed by atoms with Crippen LogP contribution in [0.25, 0.3) is 11.1 Å². The van der Waals surface area contributed by atoms with E-state index in [-0.39, 0.29) is 44.4 Å². The molecule has 13 heteroatoms. The Labute approximate surface area is 186 Å². The highest BCUT2D eigenvalue weighted by Gasteiger charge is 2.36. The summed E-state index contributed by atoms with van der Waals surface area (Å²) < 4.78 is 72.5. The average molecular weight is 490 g/mol. The maximum atomic E-state index is 14.0. The number of aromatic amines is 1. The second-order valence-electron chi connectivity index (χ2n) is 7.01. The normalized spacial score (nSPS) is 12.2. The lowest BCUT2D eigenvalue weighted by molar-refractivity contribution is -0.137. The number of ether oxygens (including phenoxy) is 1. The van der Waals surface area contributed by atoms with Gasteiger partial charge in [0.05, 0.1) is 22.9 Å². The number of nitrogens with two attached hydrogens (primary N) is 1. The number of rotatable bonds is 6. The standard InChI is InChI=1S/C19H19ClF3N5O3S/c1-9(2)32(29,30)15-6-10(4-5-14(15)31-3)16-12(19(21,22)23)7-11(8-13(16)20)25-18-26-17(24)27-28-18/h4-9H,1-3H3,(H4,24,25,26,27,28). The largest absolute Gasteiger partial charge is 0.495 e. The second kappa shape index (κ2) is 8.51. The molecule has 8 nitrogen and oxygen atoms in total. The van der Waals surface area contributed by atoms with Crippen LogP contribution in [0.3, 0.4) is 0 Å². The van der Waals surface area contributed by atoms with Crippen molar-refractivity contribution in [2.45, 2.75) is 30.2 Å². The molecule has 0 saturated carbocycles. The minimum Gasteiger partial charge on any atom is -0.495 e. The molecule has 0 spiro atoms. The van der Waals surface area contributed by atoms with Crippen molar-refractivity contribution in [3.63, 3.8) is 0 Å². The fourth-order valence-electron chi connectivity index (χ4n) is 2.96. The van der Waals surface area contributed by atoms with Gasteiger partial charge in [0.25, 0.3) is 0 Å². The highest BCUT2D eigenvalue weighted by Crippen LogP contribution is 2.44. The number of halogens is 4. The Bertz CT molecular complexity index is 1260. The zero-order valence-corrected chi connectivity index (χ0v) is 18.7. The molecule has 0 amide bonds. The molecule has 0 saturated heterocycles. The molecule has 1 heterocycles. The zero-order valence-electron chi connectivity index (χ0n) is 17.1. The number of aromatic nitrogens is 3. The van der Waals surface area contributed by atoms with Gasteiger partial charge in [-0.1, -0.05) is 17.7 Å². The Morgan fingerprint density at radius 1 is 1.22 bits per heavy atom. The van der Waals surface area contributed by atoms with E-state index >= 15 is 0 Å². The van der Waals surface area contributed by atoms with Crippen molar-refractivity contribution in [2.75, 3.05) is 18.2 Å². The van der Waals surface area contributed by atoms with Crippen molar-refractivity contribution in [1.29, 1.82) is 0 Å². The number of hydrogen-bond donors (Lipinski definition) is 3. The van der Waals surface area contributed by atoms with Gasteiger partial charge >= 0.3 is 6.18 Å². The van der Waals surface area contributed by atoms with Gasteiger partial charge in [-0.05, 0) is 43.7 Å². The third-order valence-corrected chi connectivity index (χ3v) is 7.01. The summed E-state index contributed by atoms with van der Waals surface area (Å²) in [6.45, 7) is 2.93. The molecule has 4 N–H and O–H groups in total. The molecule has 0 unspecified atom stereocenters. The Morgan fingerprint density at radius 2 is 1.91 bits per heavy atom. The van der Waals surface area contributed by atoms with Crippen LogP contribution >= 0.6 is 11.6 Å². The first-order valence-corrected chi connectivity index (χ1v) is 11.0. The van der Waals surface area contributed by atoms with Gasteiger partial charge < -0.3 is 15.8 Å². The molecule has 172 valence electrons. The summed E-state index contributed by atoms with van der Waals surface area (Å²) in [6, 6.07) is 5.82. The van der Waals surface area contributed by atoms with Crippen molar-refractivity contribution in [2.24, 2.45) is 0 Å². The molecule has 0 aliphatic carbocycles. The van der Waals surface area contributed by atoms with Crippen LogP contribution < -0.4 is 15.8 Å². The minimum atomic E-state index is -4.80. The number of methoxy groups -OCH3 is 1. The first kappa shape index (κ1) is 23.7. The highest BCUT2D eigenvalue weighted by atomic mass is 35.5. The van der Waals surface area contributed by atoms with E-state index in [1.54, 1.807) is 0 Å². The van der Waals surface area contributed by atoms with Gasteiger partial charge in [-0.3, -0.25) is 0 Å². The monoisotopic (exact) mass is 489 g/mol. The van der Waals surface area contributed by atoms with E-state index in [1.807, 2.05) is 0 Å². The Balaban J connectivity index is 2.21. The number of sulfone groups is 1. The lowest BCUT2D eigenvalue weighted by Gasteiger charge is -2.19. The zero-order chi connectivity index (χ0) is 23.8. The molecule has 0 aliphatic rings. The summed E-state index contributed by atoms with van der Waals surface area (Å²) in [5, 5.41) is 7.58. The number of nitrogen functional groups attached to an aromatic ring is 1. The molecule has 0 fully saturated rings. The molecule has 1 aromatic heterocycles. The molecule has 2 aromatic carbocycles. The quantitative estimate of drug-likeness (QED) is 0.460. The number of H-pyrrole nitrogens is 1. The second-order valence-corrected chi connectivity index (χ2v) is 9.89. The van der Waals surface area contributed by atoms with Crippen LogP contribution in [0.4, 0.5) is 30.8 Å². The molecule has 0 bridgehead atoms. The molecular formula is C19H19ClF3N5O3S. The van der Waals surface area contributed by atoms with Gasteiger partial charge in [0, 0.05) is 11.3 Å². The van der Waals surface area contributed by atoms with Crippen LogP contribution in [-0.4, -0.2) is 36.0 Å². The van der Waals surface area contributed by atoms with Crippen molar-refractivity contribution >= 4 is 39.0 Å². The van der Waals surface area contributed by atoms with E-state index in [4.69, 9.17) is 22.1 Å². The van der Waals surface area contributed by atoms with Crippen molar-refractivity contribution in [3.8, 4) is 16.9 Å². The highest BCUT2D eigenvalue weighted by molar-refractivity contribution is 7.92. The van der Waals surface area contributed by atoms with Gasteiger partial charge in [0.2, 0.25) is 11.9 Å². The van der Waals surface area contributed by atoms with Crippen molar-refractivity contribution < 1.29 is 26.3 Å². The predicted molar refractivity (Wildman–Crippen MR) is 115 cm³/mol. The topological polar surface area (TPSA) is 123 Å². The van der Waals surface area contributed by atoms with Crippen LogP contribution in [0.1, 0.15) is 19.4 Å². The lowest BCUT2D eigenvalue weighted by atomic mass is 9.98. The van der Waals surface area contributed by atoms with Crippen LogP contribution in [0.5, 0.6) is 5.75 Å². The lowest BCUT2D eigenvalue weighted by Crippen LogP contribution is -2.15. The molecule has 3 aromatic rings. The van der Waals surface area contributed by atoms with Gasteiger partial charge in [-0.25, -0.2) is 13.5 Å². The summed E-state index contributed by atoms with van der Waals surface area (Å²) in [5.41, 5.74) is 3.91. The molecule has 32 heavy (non-hydrogen) atoms. The number of nitrogens with zero attached hydrogens (tertiary/aromatic N) is 2. The fourth-order valence-corrected chi connectivity index (χ4v) is 4.52. The number of benzene rings is 2. The van der Waals surface area contributed by atoms with Gasteiger partial charge in [-0.15, -0.1) is 5.10 Å². The van der Waals surface area contributed by atoms with Gasteiger partial charge in [0.1, 0.15) is 10.6 Å². The Hall–Kier alpha value is -2.99. The summed E-state index contributed by atoms with van der Waals surface area (Å²) in [7, 11) is -2.57. The van der Waals surface area contributed by atoms with Crippen molar-refractivity contribution in [1.82, 2.24) is 15.2 Å². The summed E-state index contributed by atoms with van der Waals surface area (Å²) >= 11 is 6.26. The molecular weight excluding hydrogens is 471 g/mol. The predicted octanol–water partition coefficient (Wildman–Crippen LogP) is 4.66. The van der Waals surface area contributed by atoms with E-state index < -0.39 is 26.8 Å². The molecule has 0 radical (unpaired) electrons. The van der Waals surface area contributed by atoms with E-state index in [0.717, 1.165) is 12.1 Å².